The van der Waals surface area contributed by atoms with Crippen LogP contribution in [0.25, 0.3) is 6.08 Å². The van der Waals surface area contributed by atoms with E-state index in [0.717, 1.165) is 22.5 Å². The lowest BCUT2D eigenvalue weighted by atomic mass is 10.1. The molecular formula is C23H21N3O3. The summed E-state index contributed by atoms with van der Waals surface area (Å²) in [6.07, 6.45) is 2.88. The van der Waals surface area contributed by atoms with Crippen molar-refractivity contribution in [2.45, 2.75) is 6.92 Å². The van der Waals surface area contributed by atoms with Crippen LogP contribution >= 0.6 is 0 Å². The third-order valence-corrected chi connectivity index (χ3v) is 4.69. The highest BCUT2D eigenvalue weighted by molar-refractivity contribution is 6.04. The van der Waals surface area contributed by atoms with Crippen LogP contribution in [-0.4, -0.2) is 32.5 Å². The van der Waals surface area contributed by atoms with Gasteiger partial charge in [0.25, 0.3) is 0 Å². The lowest BCUT2D eigenvalue weighted by Gasteiger charge is -2.19. The van der Waals surface area contributed by atoms with E-state index in [9.17, 15) is 14.9 Å². The van der Waals surface area contributed by atoms with Crippen LogP contribution in [0.3, 0.4) is 0 Å². The molecule has 0 spiro atoms. The molecule has 1 aliphatic heterocycles. The summed E-state index contributed by atoms with van der Waals surface area (Å²) in [5.74, 6) is -0.728. The van der Waals surface area contributed by atoms with E-state index in [1.54, 1.807) is 30.0 Å². The summed E-state index contributed by atoms with van der Waals surface area (Å²) in [6, 6.07) is 17.2. The second kappa shape index (κ2) is 8.44. The lowest BCUT2D eigenvalue weighted by molar-refractivity contribution is -0.141. The minimum absolute atomic E-state index is 0.0542. The van der Waals surface area contributed by atoms with Gasteiger partial charge in [-0.3, -0.25) is 4.79 Å². The molecule has 0 aromatic heterocycles. The van der Waals surface area contributed by atoms with E-state index in [4.69, 9.17) is 4.74 Å². The molecule has 0 bridgehead atoms. The minimum atomic E-state index is -0.641. The van der Waals surface area contributed by atoms with Crippen molar-refractivity contribution in [3.8, 4) is 6.07 Å². The van der Waals surface area contributed by atoms with Crippen molar-refractivity contribution in [2.24, 2.45) is 0 Å². The zero-order chi connectivity index (χ0) is 21.0. The number of benzene rings is 2. The fraction of sp³-hybridized carbons (Fsp3) is 0.174. The van der Waals surface area contributed by atoms with Crippen molar-refractivity contribution in [1.29, 1.82) is 5.26 Å². The predicted octanol–water partition coefficient (Wildman–Crippen LogP) is 3.44. The Bertz CT molecular complexity index is 1010. The maximum Gasteiger partial charge on any atom is 0.331 e. The Hall–Kier alpha value is -3.85. The number of para-hydroxylation sites is 2. The number of Topliss-reactive ketones (excluding diaryl/α,β-unsaturated/α-hetero) is 1. The molecule has 6 heteroatoms. The zero-order valence-electron chi connectivity index (χ0n) is 16.5. The van der Waals surface area contributed by atoms with Crippen LogP contribution in [0.5, 0.6) is 0 Å². The molecule has 1 heterocycles. The average Bonchev–Trinajstić information content (AvgIpc) is 2.98. The molecule has 3 rings (SSSR count). The SMILES string of the molecule is Cc1ccc(/C=C/C(=O)OCC(=O)C(C#N)=C2N(C)c3ccccc3N2C)cc1. The molecule has 2 aromatic rings. The summed E-state index contributed by atoms with van der Waals surface area (Å²) in [7, 11) is 3.58. The highest BCUT2D eigenvalue weighted by Gasteiger charge is 2.31. The first kappa shape index (κ1) is 19.9. The molecule has 0 N–H and O–H groups in total. The van der Waals surface area contributed by atoms with Crippen molar-refractivity contribution in [1.82, 2.24) is 0 Å². The number of hydrogen-bond acceptors (Lipinski definition) is 6. The first-order valence-electron chi connectivity index (χ1n) is 9.08. The van der Waals surface area contributed by atoms with Gasteiger partial charge in [0.2, 0.25) is 5.78 Å². The van der Waals surface area contributed by atoms with Crippen LogP contribution in [0.1, 0.15) is 11.1 Å². The van der Waals surface area contributed by atoms with Crippen molar-refractivity contribution in [3.05, 3.63) is 77.1 Å². The number of esters is 1. The van der Waals surface area contributed by atoms with E-state index < -0.39 is 18.4 Å². The highest BCUT2D eigenvalue weighted by atomic mass is 16.5. The number of hydrogen-bond donors (Lipinski definition) is 0. The summed E-state index contributed by atoms with van der Waals surface area (Å²) in [5.41, 5.74) is 3.70. The first-order chi connectivity index (χ1) is 13.9. The molecule has 29 heavy (non-hydrogen) atoms. The maximum absolute atomic E-state index is 12.6. The summed E-state index contributed by atoms with van der Waals surface area (Å²) < 4.78 is 5.04. The predicted molar refractivity (Wildman–Crippen MR) is 112 cm³/mol. The Kier molecular flexibility index (Phi) is 5.79. The van der Waals surface area contributed by atoms with Crippen molar-refractivity contribution >= 4 is 29.2 Å². The van der Waals surface area contributed by atoms with Crippen LogP contribution < -0.4 is 9.80 Å². The van der Waals surface area contributed by atoms with E-state index >= 15 is 0 Å². The van der Waals surface area contributed by atoms with E-state index in [0.29, 0.717) is 5.82 Å². The van der Waals surface area contributed by atoms with Gasteiger partial charge in [-0.2, -0.15) is 5.26 Å². The van der Waals surface area contributed by atoms with E-state index in [1.165, 1.54) is 6.08 Å². The third-order valence-electron chi connectivity index (χ3n) is 4.69. The molecule has 0 amide bonds. The number of nitrogens with zero attached hydrogens (tertiary/aromatic N) is 3. The Balaban J connectivity index is 1.69. The van der Waals surface area contributed by atoms with Gasteiger partial charge in [0.15, 0.2) is 6.61 Å². The molecule has 2 aromatic carbocycles. The Morgan fingerprint density at radius 3 is 2.17 bits per heavy atom. The third kappa shape index (κ3) is 4.19. The van der Waals surface area contributed by atoms with Gasteiger partial charge in [-0.1, -0.05) is 42.0 Å². The standard InChI is InChI=1S/C23H21N3O3/c1-16-8-10-17(11-9-16)12-13-22(28)29-15-21(27)18(14-24)23-25(2)19-6-4-5-7-20(19)26(23)3/h4-13H,15H2,1-3H3/b13-12+. The van der Waals surface area contributed by atoms with Gasteiger partial charge in [-0.15, -0.1) is 0 Å². The van der Waals surface area contributed by atoms with Gasteiger partial charge >= 0.3 is 5.97 Å². The number of carbonyl (C=O) groups excluding carboxylic acids is 2. The fourth-order valence-electron chi connectivity index (χ4n) is 3.16. The highest BCUT2D eigenvalue weighted by Crippen LogP contribution is 2.40. The Labute approximate surface area is 169 Å². The molecule has 0 aliphatic carbocycles. The van der Waals surface area contributed by atoms with Crippen molar-refractivity contribution in [3.63, 3.8) is 0 Å². The zero-order valence-corrected chi connectivity index (χ0v) is 16.5. The topological polar surface area (TPSA) is 73.6 Å². The number of ketones is 1. The van der Waals surface area contributed by atoms with Gasteiger partial charge in [0.1, 0.15) is 17.5 Å². The number of ether oxygens (including phenoxy) is 1. The summed E-state index contributed by atoms with van der Waals surface area (Å²) >= 11 is 0. The van der Waals surface area contributed by atoms with Crippen LogP contribution in [0.15, 0.2) is 66.0 Å². The molecule has 0 saturated carbocycles. The number of nitriles is 1. The summed E-state index contributed by atoms with van der Waals surface area (Å²) in [6.45, 7) is 1.48. The number of fused-ring (bicyclic) bond motifs is 1. The number of aryl methyl sites for hydroxylation is 1. The largest absolute Gasteiger partial charge is 0.454 e. The second-order valence-electron chi connectivity index (χ2n) is 6.69. The second-order valence-corrected chi connectivity index (χ2v) is 6.69. The van der Waals surface area contributed by atoms with Crippen LogP contribution in [-0.2, 0) is 14.3 Å². The Morgan fingerprint density at radius 1 is 1.03 bits per heavy atom. The van der Waals surface area contributed by atoms with Gasteiger partial charge in [-0.05, 0) is 30.7 Å². The van der Waals surface area contributed by atoms with Gasteiger partial charge in [0.05, 0.1) is 11.4 Å². The monoisotopic (exact) mass is 387 g/mol. The molecule has 1 aliphatic rings. The Morgan fingerprint density at radius 2 is 1.62 bits per heavy atom. The molecule has 0 atom stereocenters. The summed E-state index contributed by atoms with van der Waals surface area (Å²) in [4.78, 5) is 28.1. The van der Waals surface area contributed by atoms with Crippen LogP contribution in [0, 0.1) is 18.3 Å². The lowest BCUT2D eigenvalue weighted by Crippen LogP contribution is -2.27. The average molecular weight is 387 g/mol. The van der Waals surface area contributed by atoms with Gasteiger partial charge < -0.3 is 14.5 Å². The quantitative estimate of drug-likeness (QED) is 0.445. The van der Waals surface area contributed by atoms with Crippen molar-refractivity contribution < 1.29 is 14.3 Å². The normalized spacial score (nSPS) is 12.7. The molecule has 0 unspecified atom stereocenters. The van der Waals surface area contributed by atoms with Gasteiger partial charge in [0, 0.05) is 20.2 Å². The summed E-state index contributed by atoms with van der Waals surface area (Å²) in [5, 5.41) is 9.57. The minimum Gasteiger partial charge on any atom is -0.454 e. The molecule has 6 nitrogen and oxygen atoms in total. The molecule has 146 valence electrons. The molecule has 0 radical (unpaired) electrons. The van der Waals surface area contributed by atoms with Crippen LogP contribution in [0.4, 0.5) is 11.4 Å². The van der Waals surface area contributed by atoms with Crippen molar-refractivity contribution in [2.75, 3.05) is 30.5 Å². The van der Waals surface area contributed by atoms with Gasteiger partial charge in [-0.25, -0.2) is 4.79 Å². The fourth-order valence-corrected chi connectivity index (χ4v) is 3.16. The number of anilines is 2. The number of rotatable bonds is 5. The van der Waals surface area contributed by atoms with E-state index in [2.05, 4.69) is 0 Å². The number of carbonyl (C=O) groups is 2. The first-order valence-corrected chi connectivity index (χ1v) is 9.08. The molecule has 0 fully saturated rings. The molecular weight excluding hydrogens is 366 g/mol. The van der Waals surface area contributed by atoms with E-state index in [-0.39, 0.29) is 5.57 Å². The van der Waals surface area contributed by atoms with Crippen LogP contribution in [0.2, 0.25) is 0 Å². The maximum atomic E-state index is 12.6. The smallest absolute Gasteiger partial charge is 0.331 e. The van der Waals surface area contributed by atoms with E-state index in [1.807, 2.05) is 61.5 Å². The molecule has 0 saturated heterocycles.